The third-order valence-electron chi connectivity index (χ3n) is 2.43. The predicted octanol–water partition coefficient (Wildman–Crippen LogP) is -0.896. The fourth-order valence-electron chi connectivity index (χ4n) is 1.33. The van der Waals surface area contributed by atoms with Crippen molar-refractivity contribution in [2.45, 2.75) is 19.0 Å². The Morgan fingerprint density at radius 2 is 2.32 bits per heavy atom. The Morgan fingerprint density at radius 3 is 2.84 bits per heavy atom. The van der Waals surface area contributed by atoms with Gasteiger partial charge in [0.25, 0.3) is 0 Å². The number of hydrogen-bond donors (Lipinski definition) is 3. The number of aromatic nitrogens is 3. The summed E-state index contributed by atoms with van der Waals surface area (Å²) in [5.74, 6) is -0.537. The van der Waals surface area contributed by atoms with E-state index in [-0.39, 0.29) is 19.6 Å². The van der Waals surface area contributed by atoms with E-state index >= 15 is 0 Å². The van der Waals surface area contributed by atoms with Gasteiger partial charge in [-0.3, -0.25) is 0 Å². The number of nitrogens with one attached hydrogen (secondary N) is 2. The van der Waals surface area contributed by atoms with E-state index in [4.69, 9.17) is 9.84 Å². The molecule has 9 heteroatoms. The molecule has 0 aromatic carbocycles. The lowest BCUT2D eigenvalue weighted by atomic mass is 10.2. The van der Waals surface area contributed by atoms with Crippen molar-refractivity contribution in [3.8, 4) is 0 Å². The highest BCUT2D eigenvalue weighted by molar-refractivity contribution is 5.82. The fourth-order valence-corrected chi connectivity index (χ4v) is 1.33. The van der Waals surface area contributed by atoms with Crippen molar-refractivity contribution < 1.29 is 19.4 Å². The first-order chi connectivity index (χ1) is 9.04. The average Bonchev–Trinajstić information content (AvgIpc) is 2.77. The van der Waals surface area contributed by atoms with Crippen molar-refractivity contribution in [3.05, 3.63) is 12.2 Å². The second kappa shape index (κ2) is 7.31. The van der Waals surface area contributed by atoms with Crippen LogP contribution < -0.4 is 10.6 Å². The first kappa shape index (κ1) is 14.9. The number of carboxylic acid groups (broad SMARTS) is 1. The number of rotatable bonds is 7. The van der Waals surface area contributed by atoms with Gasteiger partial charge in [-0.25, -0.2) is 9.59 Å². The molecule has 106 valence electrons. The van der Waals surface area contributed by atoms with Crippen LogP contribution in [-0.2, 0) is 23.1 Å². The van der Waals surface area contributed by atoms with Crippen LogP contribution in [0.3, 0.4) is 0 Å². The molecule has 0 aliphatic heterocycles. The molecule has 0 aliphatic carbocycles. The minimum absolute atomic E-state index is 0.166. The van der Waals surface area contributed by atoms with E-state index in [9.17, 15) is 9.59 Å². The van der Waals surface area contributed by atoms with Crippen LogP contribution in [0.2, 0.25) is 0 Å². The summed E-state index contributed by atoms with van der Waals surface area (Å²) in [6.45, 7) is 0.416. The van der Waals surface area contributed by atoms with Gasteiger partial charge >= 0.3 is 12.0 Å². The van der Waals surface area contributed by atoms with Gasteiger partial charge in [-0.15, -0.1) is 10.2 Å². The van der Waals surface area contributed by atoms with Gasteiger partial charge < -0.3 is 25.0 Å². The minimum Gasteiger partial charge on any atom is -0.480 e. The molecule has 0 fully saturated rings. The molecule has 0 aliphatic rings. The molecule has 1 unspecified atom stereocenters. The Kier molecular flexibility index (Phi) is 5.73. The van der Waals surface area contributed by atoms with E-state index in [0.717, 1.165) is 0 Å². The van der Waals surface area contributed by atoms with Gasteiger partial charge in [-0.1, -0.05) is 0 Å². The van der Waals surface area contributed by atoms with E-state index in [1.165, 1.54) is 13.4 Å². The van der Waals surface area contributed by atoms with Crippen LogP contribution in [0.1, 0.15) is 12.2 Å². The van der Waals surface area contributed by atoms with Crippen molar-refractivity contribution in [1.82, 2.24) is 25.4 Å². The molecule has 0 saturated heterocycles. The van der Waals surface area contributed by atoms with Crippen molar-refractivity contribution >= 4 is 12.0 Å². The van der Waals surface area contributed by atoms with Crippen LogP contribution in [-0.4, -0.2) is 51.6 Å². The second-order valence-corrected chi connectivity index (χ2v) is 3.86. The number of urea groups is 1. The highest BCUT2D eigenvalue weighted by Gasteiger charge is 2.19. The average molecular weight is 271 g/mol. The molecule has 1 heterocycles. The lowest BCUT2D eigenvalue weighted by Crippen LogP contribution is -2.46. The Balaban J connectivity index is 2.40. The molecule has 19 heavy (non-hydrogen) atoms. The topological polar surface area (TPSA) is 118 Å². The van der Waals surface area contributed by atoms with E-state index in [0.29, 0.717) is 5.82 Å². The summed E-state index contributed by atoms with van der Waals surface area (Å²) in [4.78, 5) is 22.4. The number of carbonyl (C=O) groups excluding carboxylic acids is 1. The number of ether oxygens (including phenoxy) is 1. The zero-order chi connectivity index (χ0) is 14.3. The summed E-state index contributed by atoms with van der Waals surface area (Å²) in [5, 5.41) is 21.2. The molecule has 1 aromatic heterocycles. The molecule has 0 spiro atoms. The van der Waals surface area contributed by atoms with E-state index in [1.54, 1.807) is 11.6 Å². The smallest absolute Gasteiger partial charge is 0.326 e. The molecule has 9 nitrogen and oxygen atoms in total. The number of aryl methyl sites for hydroxylation is 1. The fraction of sp³-hybridized carbons (Fsp3) is 0.600. The highest BCUT2D eigenvalue weighted by Crippen LogP contribution is 1.94. The molecule has 2 amide bonds. The van der Waals surface area contributed by atoms with E-state index in [2.05, 4.69) is 20.8 Å². The number of aliphatic carboxylic acids is 1. The molecule has 0 saturated carbocycles. The Bertz CT molecular complexity index is 433. The first-order valence-corrected chi connectivity index (χ1v) is 5.63. The number of carboxylic acids is 1. The molecular formula is C10H17N5O4. The number of nitrogens with zero attached hydrogens (tertiary/aromatic N) is 3. The molecule has 1 aromatic rings. The van der Waals surface area contributed by atoms with E-state index in [1.807, 2.05) is 0 Å². The largest absolute Gasteiger partial charge is 0.480 e. The van der Waals surface area contributed by atoms with Gasteiger partial charge in [-0.2, -0.15) is 0 Å². The third-order valence-corrected chi connectivity index (χ3v) is 2.43. The maximum atomic E-state index is 11.5. The quantitative estimate of drug-likeness (QED) is 0.591. The maximum absolute atomic E-state index is 11.5. The normalized spacial score (nSPS) is 11.9. The zero-order valence-corrected chi connectivity index (χ0v) is 10.8. The number of amides is 2. The molecule has 0 bridgehead atoms. The summed E-state index contributed by atoms with van der Waals surface area (Å²) in [6.07, 6.45) is 1.71. The van der Waals surface area contributed by atoms with Gasteiger partial charge in [0.05, 0.1) is 6.54 Å². The minimum atomic E-state index is -1.11. The standard InChI is InChI=1S/C10H17N5O4/c1-15-6-12-14-8(15)5-11-10(18)13-7(9(16)17)3-4-19-2/h6-7H,3-5H2,1-2H3,(H,16,17)(H2,11,13,18). The van der Waals surface area contributed by atoms with Gasteiger partial charge in [0, 0.05) is 27.2 Å². The number of methoxy groups -OCH3 is 1. The SMILES string of the molecule is COCCC(NC(=O)NCc1nncn1C)C(=O)O. The summed E-state index contributed by atoms with van der Waals surface area (Å²) in [7, 11) is 3.21. The van der Waals surface area contributed by atoms with Crippen LogP contribution in [0.5, 0.6) is 0 Å². The molecule has 1 rings (SSSR count). The molecule has 1 atom stereocenters. The monoisotopic (exact) mass is 271 g/mol. The van der Waals surface area contributed by atoms with Crippen molar-refractivity contribution in [1.29, 1.82) is 0 Å². The first-order valence-electron chi connectivity index (χ1n) is 5.63. The zero-order valence-electron chi connectivity index (χ0n) is 10.8. The van der Waals surface area contributed by atoms with Crippen LogP contribution >= 0.6 is 0 Å². The number of hydrogen-bond acceptors (Lipinski definition) is 5. The lowest BCUT2D eigenvalue weighted by molar-refractivity contribution is -0.139. The van der Waals surface area contributed by atoms with Crippen LogP contribution in [0.25, 0.3) is 0 Å². The summed E-state index contributed by atoms with van der Waals surface area (Å²) < 4.78 is 6.43. The lowest BCUT2D eigenvalue weighted by Gasteiger charge is -2.14. The van der Waals surface area contributed by atoms with Crippen molar-refractivity contribution in [2.75, 3.05) is 13.7 Å². The Labute approximate surface area is 110 Å². The number of carbonyl (C=O) groups is 2. The Hall–Kier alpha value is -2.16. The third kappa shape index (κ3) is 4.92. The van der Waals surface area contributed by atoms with Crippen molar-refractivity contribution in [3.63, 3.8) is 0 Å². The molecule has 0 radical (unpaired) electrons. The highest BCUT2D eigenvalue weighted by atomic mass is 16.5. The second-order valence-electron chi connectivity index (χ2n) is 3.86. The molecule has 3 N–H and O–H groups in total. The van der Waals surface area contributed by atoms with Crippen LogP contribution in [0.4, 0.5) is 4.79 Å². The van der Waals surface area contributed by atoms with Gasteiger partial charge in [0.2, 0.25) is 0 Å². The summed E-state index contributed by atoms with van der Waals surface area (Å²) in [6, 6.07) is -1.56. The van der Waals surface area contributed by atoms with Gasteiger partial charge in [-0.05, 0) is 0 Å². The maximum Gasteiger partial charge on any atom is 0.326 e. The predicted molar refractivity (Wildman–Crippen MR) is 64.3 cm³/mol. The van der Waals surface area contributed by atoms with Crippen LogP contribution in [0, 0.1) is 0 Å². The van der Waals surface area contributed by atoms with Crippen LogP contribution in [0.15, 0.2) is 6.33 Å². The van der Waals surface area contributed by atoms with Crippen molar-refractivity contribution in [2.24, 2.45) is 7.05 Å². The Morgan fingerprint density at radius 1 is 1.58 bits per heavy atom. The van der Waals surface area contributed by atoms with E-state index < -0.39 is 18.0 Å². The molecular weight excluding hydrogens is 254 g/mol. The van der Waals surface area contributed by atoms with Gasteiger partial charge in [0.1, 0.15) is 12.4 Å². The van der Waals surface area contributed by atoms with Gasteiger partial charge in [0.15, 0.2) is 5.82 Å². The summed E-state index contributed by atoms with van der Waals surface area (Å²) in [5.41, 5.74) is 0. The summed E-state index contributed by atoms with van der Waals surface area (Å²) >= 11 is 0.